The van der Waals surface area contributed by atoms with Crippen LogP contribution >= 0.6 is 11.6 Å². The molecule has 2 aliphatic carbocycles. The first-order valence-corrected chi connectivity index (χ1v) is 12.0. The molecule has 8 nitrogen and oxygen atoms in total. The van der Waals surface area contributed by atoms with Crippen LogP contribution in [-0.4, -0.2) is 22.5 Å². The molecule has 0 spiro atoms. The largest absolute Gasteiger partial charge is 0.365 e. The maximum atomic E-state index is 13.6. The number of nitro benzene ring substituents is 1. The predicted molar refractivity (Wildman–Crippen MR) is 134 cm³/mol. The van der Waals surface area contributed by atoms with Crippen molar-refractivity contribution in [3.05, 3.63) is 68.7 Å². The van der Waals surface area contributed by atoms with Gasteiger partial charge < -0.3 is 10.2 Å². The molecule has 2 aromatic carbocycles. The van der Waals surface area contributed by atoms with Crippen molar-refractivity contribution in [1.82, 2.24) is 0 Å². The first-order chi connectivity index (χ1) is 16.4. The second kappa shape index (κ2) is 8.75. The van der Waals surface area contributed by atoms with Gasteiger partial charge in [0.05, 0.1) is 21.6 Å². The van der Waals surface area contributed by atoms with E-state index < -0.39 is 27.1 Å². The molecule has 0 saturated heterocycles. The van der Waals surface area contributed by atoms with Crippen LogP contribution in [0.15, 0.2) is 47.6 Å². The molecule has 0 radical (unpaired) electrons. The number of nitrogens with zero attached hydrogens (tertiary/aromatic N) is 2. The summed E-state index contributed by atoms with van der Waals surface area (Å²) in [6.45, 7) is 8.25. The van der Waals surface area contributed by atoms with E-state index in [1.54, 1.807) is 0 Å². The number of halogens is 1. The third-order valence-corrected chi connectivity index (χ3v) is 8.73. The second-order valence-corrected chi connectivity index (χ2v) is 10.5. The van der Waals surface area contributed by atoms with Crippen molar-refractivity contribution < 1.29 is 19.3 Å². The Labute approximate surface area is 208 Å². The fraction of sp³-hybridized carbons (Fsp3) is 0.423. The number of hydrogen-bond acceptors (Lipinski definition) is 6. The first-order valence-electron chi connectivity index (χ1n) is 11.6. The average Bonchev–Trinajstić information content (AvgIpc) is 3.14. The van der Waals surface area contributed by atoms with Gasteiger partial charge in [0.2, 0.25) is 5.91 Å². The molecule has 35 heavy (non-hydrogen) atoms. The van der Waals surface area contributed by atoms with Gasteiger partial charge in [-0.2, -0.15) is 0 Å². The molecule has 2 unspecified atom stereocenters. The van der Waals surface area contributed by atoms with Gasteiger partial charge >= 0.3 is 5.97 Å². The number of hydrogen-bond donors (Lipinski definition) is 1. The van der Waals surface area contributed by atoms with E-state index in [1.807, 2.05) is 31.2 Å². The van der Waals surface area contributed by atoms with Crippen LogP contribution < -0.4 is 5.32 Å². The number of anilines is 1. The Kier molecular flexibility index (Phi) is 6.21. The lowest BCUT2D eigenvalue weighted by atomic mass is 9.64. The van der Waals surface area contributed by atoms with Gasteiger partial charge in [0.15, 0.2) is 0 Å². The molecule has 2 aliphatic rings. The maximum Gasteiger partial charge on any atom is 0.365 e. The van der Waals surface area contributed by atoms with E-state index in [1.165, 1.54) is 17.7 Å². The summed E-state index contributed by atoms with van der Waals surface area (Å²) in [4.78, 5) is 41.9. The number of nitro groups is 1. The summed E-state index contributed by atoms with van der Waals surface area (Å²) < 4.78 is 0. The predicted octanol–water partition coefficient (Wildman–Crippen LogP) is 6.18. The molecule has 184 valence electrons. The lowest BCUT2D eigenvalue weighted by Crippen LogP contribution is -2.43. The number of aryl methyl sites for hydroxylation is 1. The topological polar surface area (TPSA) is 111 Å². The number of rotatable bonds is 6. The second-order valence-electron chi connectivity index (χ2n) is 10.1. The molecule has 0 aromatic heterocycles. The summed E-state index contributed by atoms with van der Waals surface area (Å²) >= 11 is 5.83. The van der Waals surface area contributed by atoms with Crippen molar-refractivity contribution in [2.24, 2.45) is 21.4 Å². The van der Waals surface area contributed by atoms with Gasteiger partial charge in [-0.25, -0.2) is 4.79 Å². The van der Waals surface area contributed by atoms with Crippen molar-refractivity contribution in [1.29, 1.82) is 0 Å². The number of carbonyl (C=O) groups is 2. The van der Waals surface area contributed by atoms with Crippen molar-refractivity contribution in [3.8, 4) is 0 Å². The number of nitrogens with one attached hydrogen (secondary N) is 1. The first kappa shape index (κ1) is 24.9. The molecule has 2 saturated carbocycles. The fourth-order valence-corrected chi connectivity index (χ4v) is 5.71. The van der Waals surface area contributed by atoms with Crippen molar-refractivity contribution in [3.63, 3.8) is 0 Å². The molecule has 9 heteroatoms. The van der Waals surface area contributed by atoms with Crippen molar-refractivity contribution >= 4 is 40.6 Å². The highest BCUT2D eigenvalue weighted by atomic mass is 35.5. The molecule has 1 amide bonds. The molecule has 2 bridgehead atoms. The van der Waals surface area contributed by atoms with Crippen LogP contribution in [0, 0.1) is 26.4 Å². The van der Waals surface area contributed by atoms with E-state index in [0.717, 1.165) is 24.6 Å². The van der Waals surface area contributed by atoms with Gasteiger partial charge in [-0.15, -0.1) is 0 Å². The van der Waals surface area contributed by atoms with Gasteiger partial charge in [0.25, 0.3) is 5.69 Å². The standard InChI is InChI=1S/C26H28ClN3O5/c1-5-16-6-9-18(10-7-16)28-23(32)26-13-12-25(4,24(26,2)3)21(15-26)29-35-22(31)17-8-11-19(27)20(14-17)30(33)34/h6-11,14H,5,12-13,15H2,1-4H3,(H,28,32). The number of amides is 1. The van der Waals surface area contributed by atoms with E-state index in [9.17, 15) is 19.7 Å². The number of carbonyl (C=O) groups excluding carboxylic acids is 2. The van der Waals surface area contributed by atoms with Gasteiger partial charge in [0.1, 0.15) is 5.02 Å². The van der Waals surface area contributed by atoms with Crippen molar-refractivity contribution in [2.45, 2.75) is 53.4 Å². The van der Waals surface area contributed by atoms with Crippen molar-refractivity contribution in [2.75, 3.05) is 5.32 Å². The highest BCUT2D eigenvalue weighted by Gasteiger charge is 2.71. The Balaban J connectivity index is 1.57. The number of benzene rings is 2. The highest BCUT2D eigenvalue weighted by molar-refractivity contribution is 6.32. The Hall–Kier alpha value is -3.26. The van der Waals surface area contributed by atoms with E-state index in [0.29, 0.717) is 18.6 Å². The smallest absolute Gasteiger partial charge is 0.326 e. The zero-order valence-corrected chi connectivity index (χ0v) is 20.9. The Morgan fingerprint density at radius 3 is 2.46 bits per heavy atom. The maximum absolute atomic E-state index is 13.6. The summed E-state index contributed by atoms with van der Waals surface area (Å²) in [6, 6.07) is 11.5. The Morgan fingerprint density at radius 2 is 1.83 bits per heavy atom. The van der Waals surface area contributed by atoms with Crippen LogP contribution in [0.3, 0.4) is 0 Å². The van der Waals surface area contributed by atoms with Crippen LogP contribution in [-0.2, 0) is 16.1 Å². The van der Waals surface area contributed by atoms with Gasteiger partial charge in [-0.05, 0) is 54.5 Å². The summed E-state index contributed by atoms with van der Waals surface area (Å²) in [6.07, 6.45) is 2.71. The average molecular weight is 498 g/mol. The molecule has 2 fully saturated rings. The third kappa shape index (κ3) is 3.89. The summed E-state index contributed by atoms with van der Waals surface area (Å²) in [5.74, 6) is -0.892. The van der Waals surface area contributed by atoms with E-state index in [2.05, 4.69) is 31.2 Å². The lowest BCUT2D eigenvalue weighted by molar-refractivity contribution is -0.384. The van der Waals surface area contributed by atoms with E-state index >= 15 is 0 Å². The van der Waals surface area contributed by atoms with Gasteiger partial charge in [0, 0.05) is 23.6 Å². The van der Waals surface area contributed by atoms with Gasteiger partial charge in [-0.1, -0.05) is 56.6 Å². The van der Waals surface area contributed by atoms with E-state index in [-0.39, 0.29) is 22.2 Å². The number of oxime groups is 1. The van der Waals surface area contributed by atoms with E-state index in [4.69, 9.17) is 16.4 Å². The summed E-state index contributed by atoms with van der Waals surface area (Å²) in [5.41, 5.74) is 0.591. The Bertz CT molecular complexity index is 1240. The molecule has 2 aromatic rings. The minimum atomic E-state index is -0.823. The summed E-state index contributed by atoms with van der Waals surface area (Å²) in [5, 5.41) is 18.3. The molecule has 2 atom stereocenters. The quantitative estimate of drug-likeness (QED) is 0.291. The van der Waals surface area contributed by atoms with Crippen LogP contribution in [0.1, 0.15) is 62.9 Å². The van der Waals surface area contributed by atoms with Crippen LogP contribution in [0.25, 0.3) is 0 Å². The molecular weight excluding hydrogens is 470 g/mol. The van der Waals surface area contributed by atoms with Crippen LogP contribution in [0.5, 0.6) is 0 Å². The Morgan fingerprint density at radius 1 is 1.14 bits per heavy atom. The molecule has 1 N–H and O–H groups in total. The van der Waals surface area contributed by atoms with Gasteiger partial charge in [-0.3, -0.25) is 14.9 Å². The summed E-state index contributed by atoms with van der Waals surface area (Å²) in [7, 11) is 0. The highest BCUT2D eigenvalue weighted by Crippen LogP contribution is 2.71. The fourth-order valence-electron chi connectivity index (χ4n) is 5.53. The molecule has 4 rings (SSSR count). The number of fused-ring (bicyclic) bond motifs is 2. The molecular formula is C26H28ClN3O5. The molecule has 0 aliphatic heterocycles. The SMILES string of the molecule is CCc1ccc(NC(=O)C23CCC(C)(C(=NOC(=O)c4ccc(Cl)c([N+](=O)[O-])c4)C2)C3(C)C)cc1. The third-order valence-electron chi connectivity index (χ3n) is 8.41. The minimum absolute atomic E-state index is 0.0268. The monoisotopic (exact) mass is 497 g/mol. The van der Waals surface area contributed by atoms with Crippen LogP contribution in [0.2, 0.25) is 5.02 Å². The zero-order valence-electron chi connectivity index (χ0n) is 20.2. The normalized spacial score (nSPS) is 25.5. The minimum Gasteiger partial charge on any atom is -0.326 e. The molecule has 0 heterocycles. The van der Waals surface area contributed by atoms with Crippen LogP contribution in [0.4, 0.5) is 11.4 Å². The lowest BCUT2D eigenvalue weighted by Gasteiger charge is -2.39. The zero-order chi connectivity index (χ0) is 25.6.